The van der Waals surface area contributed by atoms with Gasteiger partial charge in [0, 0.05) is 18.7 Å². The van der Waals surface area contributed by atoms with Crippen molar-refractivity contribution in [1.82, 2.24) is 16.0 Å². The molecule has 1 atom stereocenters. The van der Waals surface area contributed by atoms with Crippen LogP contribution < -0.4 is 26.0 Å². The number of benzene rings is 3. The number of hydrogen-bond acceptors (Lipinski definition) is 5. The van der Waals surface area contributed by atoms with Gasteiger partial charge in [0.25, 0.3) is 0 Å². The van der Waals surface area contributed by atoms with Crippen molar-refractivity contribution in [3.8, 4) is 16.9 Å². The number of carbonyl (C=O) groups excluding carboxylic acids is 3. The van der Waals surface area contributed by atoms with E-state index in [-0.39, 0.29) is 25.9 Å². The Morgan fingerprint density at radius 3 is 2.11 bits per heavy atom. The quantitative estimate of drug-likeness (QED) is 0.249. The van der Waals surface area contributed by atoms with E-state index < -0.39 is 29.9 Å². The number of nitrogens with one attached hydrogen (secondary N) is 4. The van der Waals surface area contributed by atoms with Crippen LogP contribution in [0.25, 0.3) is 11.1 Å². The van der Waals surface area contributed by atoms with Gasteiger partial charge in [0.15, 0.2) is 0 Å². The molecule has 0 heterocycles. The molecule has 0 aliphatic carbocycles. The lowest BCUT2D eigenvalue weighted by molar-refractivity contribution is -0.138. The van der Waals surface area contributed by atoms with E-state index in [4.69, 9.17) is 4.74 Å². The number of amides is 4. The molecular formula is C28H30N4O6. The number of carboxylic acids is 1. The molecule has 5 N–H and O–H groups in total. The maximum atomic E-state index is 12.4. The third kappa shape index (κ3) is 8.98. The van der Waals surface area contributed by atoms with Crippen LogP contribution in [0.15, 0.2) is 78.9 Å². The molecule has 3 rings (SSSR count). The molecule has 10 heteroatoms. The zero-order valence-electron chi connectivity index (χ0n) is 20.9. The second kappa shape index (κ2) is 14.0. The number of anilines is 1. The molecule has 3 aromatic carbocycles. The monoisotopic (exact) mass is 518 g/mol. The van der Waals surface area contributed by atoms with Crippen molar-refractivity contribution in [1.29, 1.82) is 0 Å². The Labute approximate surface area is 220 Å². The van der Waals surface area contributed by atoms with Gasteiger partial charge in [0.1, 0.15) is 5.75 Å². The maximum Gasteiger partial charge on any atom is 0.319 e. The largest absolute Gasteiger partial charge is 0.497 e. The summed E-state index contributed by atoms with van der Waals surface area (Å²) in [5.41, 5.74) is 3.19. The maximum absolute atomic E-state index is 12.4. The number of methoxy groups -OCH3 is 1. The summed E-state index contributed by atoms with van der Waals surface area (Å²) in [4.78, 5) is 47.9. The number of rotatable bonds is 12. The molecular weight excluding hydrogens is 488 g/mol. The van der Waals surface area contributed by atoms with Gasteiger partial charge in [-0.1, -0.05) is 54.6 Å². The number of aliphatic carboxylic acids is 1. The first kappa shape index (κ1) is 27.7. The highest BCUT2D eigenvalue weighted by atomic mass is 16.5. The van der Waals surface area contributed by atoms with Crippen molar-refractivity contribution in [2.45, 2.75) is 18.9 Å². The summed E-state index contributed by atoms with van der Waals surface area (Å²) in [7, 11) is 1.54. The summed E-state index contributed by atoms with van der Waals surface area (Å²) in [5, 5.41) is 19.6. The zero-order valence-corrected chi connectivity index (χ0v) is 20.9. The van der Waals surface area contributed by atoms with Crippen LogP contribution in [0.5, 0.6) is 5.75 Å². The predicted octanol–water partition coefficient (Wildman–Crippen LogP) is 3.32. The first-order chi connectivity index (χ1) is 18.3. The second-order valence-electron chi connectivity index (χ2n) is 8.34. The molecule has 0 aliphatic rings. The molecule has 3 aromatic rings. The molecule has 0 spiro atoms. The topological polar surface area (TPSA) is 146 Å². The summed E-state index contributed by atoms with van der Waals surface area (Å²) < 4.78 is 5.06. The highest BCUT2D eigenvalue weighted by Gasteiger charge is 2.18. The van der Waals surface area contributed by atoms with Gasteiger partial charge in [-0.25, -0.2) is 4.79 Å². The van der Waals surface area contributed by atoms with E-state index in [1.54, 1.807) is 43.5 Å². The zero-order chi connectivity index (χ0) is 27.3. The van der Waals surface area contributed by atoms with E-state index in [9.17, 15) is 24.3 Å². The number of urea groups is 1. The minimum atomic E-state index is -1.06. The Morgan fingerprint density at radius 2 is 1.47 bits per heavy atom. The van der Waals surface area contributed by atoms with E-state index in [0.29, 0.717) is 17.0 Å². The number of carbonyl (C=O) groups is 4. The number of ether oxygens (including phenoxy) is 1. The Kier molecular flexibility index (Phi) is 10.2. The lowest BCUT2D eigenvalue weighted by atomic mass is 9.99. The summed E-state index contributed by atoms with van der Waals surface area (Å²) in [5.74, 6) is -1.37. The van der Waals surface area contributed by atoms with Gasteiger partial charge in [0.2, 0.25) is 11.8 Å². The number of carboxylic acid groups (broad SMARTS) is 1. The van der Waals surface area contributed by atoms with Gasteiger partial charge >= 0.3 is 12.0 Å². The predicted molar refractivity (Wildman–Crippen MR) is 143 cm³/mol. The van der Waals surface area contributed by atoms with Gasteiger partial charge in [-0.05, 0) is 41.0 Å². The van der Waals surface area contributed by atoms with Crippen molar-refractivity contribution in [2.24, 2.45) is 0 Å². The lowest BCUT2D eigenvalue weighted by Gasteiger charge is -2.18. The van der Waals surface area contributed by atoms with Gasteiger partial charge in [0.05, 0.1) is 26.1 Å². The molecule has 0 aliphatic heterocycles. The smallest absolute Gasteiger partial charge is 0.319 e. The molecule has 0 saturated heterocycles. The average Bonchev–Trinajstić information content (AvgIpc) is 2.92. The first-order valence-corrected chi connectivity index (χ1v) is 12.0. The molecule has 0 radical (unpaired) electrons. The van der Waals surface area contributed by atoms with Crippen LogP contribution in [-0.2, 0) is 14.4 Å². The SMILES string of the molecule is COc1ccc(NC(=O)NCCC(=O)NCC(=O)NC(CC(=O)O)c2ccc(-c3ccccc3)cc2)cc1. The van der Waals surface area contributed by atoms with Crippen LogP contribution in [0.1, 0.15) is 24.4 Å². The fraction of sp³-hybridized carbons (Fsp3) is 0.214. The molecule has 198 valence electrons. The van der Waals surface area contributed by atoms with E-state index in [1.807, 2.05) is 42.5 Å². The van der Waals surface area contributed by atoms with Crippen LogP contribution in [0.3, 0.4) is 0 Å². The van der Waals surface area contributed by atoms with Gasteiger partial charge < -0.3 is 31.1 Å². The Hall–Kier alpha value is -4.86. The van der Waals surface area contributed by atoms with Crippen LogP contribution in [0, 0.1) is 0 Å². The van der Waals surface area contributed by atoms with Crippen LogP contribution >= 0.6 is 0 Å². The van der Waals surface area contributed by atoms with E-state index in [0.717, 1.165) is 11.1 Å². The van der Waals surface area contributed by atoms with Crippen molar-refractivity contribution in [2.75, 3.05) is 25.5 Å². The third-order valence-electron chi connectivity index (χ3n) is 5.57. The molecule has 4 amide bonds. The standard InChI is InChI=1S/C28H30N4O6/c1-38-23-13-11-22(12-14-23)31-28(37)29-16-15-25(33)30-18-26(34)32-24(17-27(35)36)21-9-7-20(8-10-21)19-5-3-2-4-6-19/h2-14,24H,15-18H2,1H3,(H,30,33)(H,32,34)(H,35,36)(H2,29,31,37). The summed E-state index contributed by atoms with van der Waals surface area (Å²) in [6.07, 6.45) is -0.347. The van der Waals surface area contributed by atoms with E-state index in [1.165, 1.54) is 0 Å². The van der Waals surface area contributed by atoms with Crippen molar-refractivity contribution in [3.63, 3.8) is 0 Å². The highest BCUT2D eigenvalue weighted by Crippen LogP contribution is 2.23. The number of hydrogen-bond donors (Lipinski definition) is 5. The normalized spacial score (nSPS) is 11.1. The van der Waals surface area contributed by atoms with Crippen LogP contribution in [0.2, 0.25) is 0 Å². The van der Waals surface area contributed by atoms with Crippen molar-refractivity contribution >= 4 is 29.5 Å². The molecule has 0 aromatic heterocycles. The summed E-state index contributed by atoms with van der Waals surface area (Å²) >= 11 is 0. The summed E-state index contributed by atoms with van der Waals surface area (Å²) in [6.45, 7) is -0.264. The van der Waals surface area contributed by atoms with Gasteiger partial charge in [-0.3, -0.25) is 14.4 Å². The minimum Gasteiger partial charge on any atom is -0.497 e. The first-order valence-electron chi connectivity index (χ1n) is 12.0. The molecule has 10 nitrogen and oxygen atoms in total. The Bertz CT molecular complexity index is 1230. The average molecular weight is 519 g/mol. The second-order valence-corrected chi connectivity index (χ2v) is 8.34. The molecule has 0 saturated carbocycles. The molecule has 0 bridgehead atoms. The Morgan fingerprint density at radius 1 is 0.816 bits per heavy atom. The molecule has 0 fully saturated rings. The Balaban J connectivity index is 1.43. The fourth-order valence-electron chi connectivity index (χ4n) is 3.62. The lowest BCUT2D eigenvalue weighted by Crippen LogP contribution is -2.40. The highest BCUT2D eigenvalue weighted by molar-refractivity contribution is 5.90. The van der Waals surface area contributed by atoms with Crippen LogP contribution in [0.4, 0.5) is 10.5 Å². The van der Waals surface area contributed by atoms with Gasteiger partial charge in [-0.15, -0.1) is 0 Å². The summed E-state index contributed by atoms with van der Waals surface area (Å²) in [6, 6.07) is 22.5. The molecule has 38 heavy (non-hydrogen) atoms. The minimum absolute atomic E-state index is 0.0389. The van der Waals surface area contributed by atoms with Crippen LogP contribution in [-0.4, -0.2) is 49.1 Å². The van der Waals surface area contributed by atoms with Crippen molar-refractivity contribution < 1.29 is 29.0 Å². The third-order valence-corrected chi connectivity index (χ3v) is 5.57. The van der Waals surface area contributed by atoms with Crippen molar-refractivity contribution in [3.05, 3.63) is 84.4 Å². The molecule has 1 unspecified atom stereocenters. The van der Waals surface area contributed by atoms with E-state index in [2.05, 4.69) is 21.3 Å². The van der Waals surface area contributed by atoms with E-state index >= 15 is 0 Å². The van der Waals surface area contributed by atoms with Gasteiger partial charge in [-0.2, -0.15) is 0 Å². The fourth-order valence-corrected chi connectivity index (χ4v) is 3.62.